The van der Waals surface area contributed by atoms with E-state index in [2.05, 4.69) is 19.7 Å². The second-order valence-electron chi connectivity index (χ2n) is 10.6. The molecule has 5 rings (SSSR count). The zero-order chi connectivity index (χ0) is 28.1. The molecule has 0 radical (unpaired) electrons. The second kappa shape index (κ2) is 12.8. The monoisotopic (exact) mass is 577 g/mol. The maximum Gasteiger partial charge on any atom is 0.296 e. The van der Waals surface area contributed by atoms with Crippen molar-refractivity contribution in [3.8, 4) is 5.95 Å². The van der Waals surface area contributed by atoms with Crippen molar-refractivity contribution >= 4 is 27.0 Å². The van der Waals surface area contributed by atoms with E-state index in [0.29, 0.717) is 67.9 Å². The molecule has 218 valence electrons. The molecule has 1 aliphatic carbocycles. The molecule has 3 heterocycles. The number of hydrogen-bond donors (Lipinski definition) is 1. The van der Waals surface area contributed by atoms with Crippen LogP contribution in [-0.4, -0.2) is 71.0 Å². The summed E-state index contributed by atoms with van der Waals surface area (Å²) in [6.45, 7) is 4.18. The van der Waals surface area contributed by atoms with Gasteiger partial charge in [0.1, 0.15) is 5.82 Å². The van der Waals surface area contributed by atoms with Gasteiger partial charge in [-0.1, -0.05) is 25.5 Å². The molecule has 1 saturated carbocycles. The molecular formula is C27H37F2N7O3S. The van der Waals surface area contributed by atoms with Crippen molar-refractivity contribution in [2.75, 3.05) is 37.0 Å². The number of aryl methyl sites for hydroxylation is 1. The number of sulfonamides is 1. The van der Waals surface area contributed by atoms with Gasteiger partial charge in [-0.05, 0) is 56.6 Å². The van der Waals surface area contributed by atoms with E-state index >= 15 is 0 Å². The highest BCUT2D eigenvalue weighted by atomic mass is 32.2. The smallest absolute Gasteiger partial charge is 0.296 e. The Morgan fingerprint density at radius 1 is 1.02 bits per heavy atom. The Labute approximate surface area is 233 Å². The number of ether oxygens (including phenoxy) is 1. The van der Waals surface area contributed by atoms with Crippen LogP contribution in [0.1, 0.15) is 69.9 Å². The maximum absolute atomic E-state index is 14.1. The third-order valence-corrected chi connectivity index (χ3v) is 9.25. The number of anilines is 1. The van der Waals surface area contributed by atoms with Crippen LogP contribution in [0.4, 0.5) is 14.7 Å². The van der Waals surface area contributed by atoms with Crippen molar-refractivity contribution in [2.45, 2.75) is 70.8 Å². The third kappa shape index (κ3) is 6.92. The number of nitrogens with one attached hydrogen (secondary N) is 1. The summed E-state index contributed by atoms with van der Waals surface area (Å²) in [7, 11) is -3.20. The Morgan fingerprint density at radius 3 is 2.48 bits per heavy atom. The average Bonchev–Trinajstić information content (AvgIpc) is 3.34. The highest BCUT2D eigenvalue weighted by Gasteiger charge is 2.26. The van der Waals surface area contributed by atoms with Crippen LogP contribution in [0.3, 0.4) is 0 Å². The van der Waals surface area contributed by atoms with Crippen molar-refractivity contribution < 1.29 is 21.9 Å². The van der Waals surface area contributed by atoms with Gasteiger partial charge in [-0.2, -0.15) is 15.0 Å². The molecule has 10 nitrogen and oxygen atoms in total. The minimum atomic E-state index is -3.20. The number of halogens is 2. The normalized spacial score (nSPS) is 20.4. The van der Waals surface area contributed by atoms with Crippen LogP contribution in [-0.2, 0) is 21.2 Å². The standard InChI is InChI=1S/C27H37F2N7O3S/c1-2-18-40(37,38)34-20-12-10-19(11-13-20)6-5-9-23-31-26(35-14-16-39-17-15-35)33-27(32-23)36-22-8-4-3-7-21(22)30-25(36)24(28)29/h3-4,7-8,19-20,24,34H,2,5-6,9-18H2,1H3. The van der Waals surface area contributed by atoms with Gasteiger partial charge in [-0.25, -0.2) is 26.9 Å². The highest BCUT2D eigenvalue weighted by molar-refractivity contribution is 7.89. The number of rotatable bonds is 11. The van der Waals surface area contributed by atoms with Crippen molar-refractivity contribution in [2.24, 2.45) is 5.92 Å². The van der Waals surface area contributed by atoms with Gasteiger partial charge in [-0.15, -0.1) is 0 Å². The number of aromatic nitrogens is 5. The Morgan fingerprint density at radius 2 is 1.75 bits per heavy atom. The van der Waals surface area contributed by atoms with E-state index in [1.54, 1.807) is 24.3 Å². The van der Waals surface area contributed by atoms with Gasteiger partial charge in [0, 0.05) is 25.6 Å². The fraction of sp³-hybridized carbons (Fsp3) is 0.630. The quantitative estimate of drug-likeness (QED) is 0.361. The number of imidazole rings is 1. The molecule has 1 N–H and O–H groups in total. The van der Waals surface area contributed by atoms with Crippen molar-refractivity contribution in [1.82, 2.24) is 29.2 Å². The van der Waals surface area contributed by atoms with Crippen LogP contribution in [0.15, 0.2) is 24.3 Å². The lowest BCUT2D eigenvalue weighted by molar-refractivity contribution is 0.122. The van der Waals surface area contributed by atoms with E-state index < -0.39 is 22.3 Å². The first kappa shape index (κ1) is 28.7. The molecule has 1 saturated heterocycles. The first-order valence-electron chi connectivity index (χ1n) is 14.2. The molecule has 0 spiro atoms. The summed E-state index contributed by atoms with van der Waals surface area (Å²) in [6.07, 6.45) is 3.85. The molecular weight excluding hydrogens is 540 g/mol. The Hall–Kier alpha value is -2.77. The minimum Gasteiger partial charge on any atom is -0.378 e. The molecule has 13 heteroatoms. The van der Waals surface area contributed by atoms with Crippen molar-refractivity contribution in [3.05, 3.63) is 35.9 Å². The number of hydrogen-bond acceptors (Lipinski definition) is 8. The Kier molecular flexibility index (Phi) is 9.21. The van der Waals surface area contributed by atoms with E-state index in [-0.39, 0.29) is 17.7 Å². The summed E-state index contributed by atoms with van der Waals surface area (Å²) >= 11 is 0. The zero-order valence-electron chi connectivity index (χ0n) is 22.8. The predicted octanol–water partition coefficient (Wildman–Crippen LogP) is 4.20. The Bertz CT molecular complexity index is 1390. The molecule has 2 fully saturated rings. The van der Waals surface area contributed by atoms with E-state index in [1.807, 2.05) is 11.8 Å². The third-order valence-electron chi connectivity index (χ3n) is 7.61. The molecule has 0 atom stereocenters. The second-order valence-corrected chi connectivity index (χ2v) is 12.5. The van der Waals surface area contributed by atoms with Crippen molar-refractivity contribution in [1.29, 1.82) is 0 Å². The molecule has 0 unspecified atom stereocenters. The molecule has 1 aromatic carbocycles. The van der Waals surface area contributed by atoms with Crippen LogP contribution in [0, 0.1) is 5.92 Å². The minimum absolute atomic E-state index is 0.0176. The lowest BCUT2D eigenvalue weighted by atomic mass is 9.83. The SMILES string of the molecule is CCCS(=O)(=O)NC1CCC(CCCc2nc(N3CCOCC3)nc(-n3c(C(F)F)nc4ccccc43)n2)CC1. The van der Waals surface area contributed by atoms with E-state index in [4.69, 9.17) is 9.72 Å². The molecule has 2 aliphatic rings. The highest BCUT2D eigenvalue weighted by Crippen LogP contribution is 2.30. The van der Waals surface area contributed by atoms with Crippen LogP contribution in [0.2, 0.25) is 0 Å². The van der Waals surface area contributed by atoms with Gasteiger partial charge >= 0.3 is 0 Å². The molecule has 2 aromatic heterocycles. The van der Waals surface area contributed by atoms with Gasteiger partial charge in [0.25, 0.3) is 6.43 Å². The summed E-state index contributed by atoms with van der Waals surface area (Å²) in [4.78, 5) is 20.2. The number of fused-ring (bicyclic) bond motifs is 1. The van der Waals surface area contributed by atoms with Crippen molar-refractivity contribution in [3.63, 3.8) is 0 Å². The lowest BCUT2D eigenvalue weighted by Crippen LogP contribution is -2.38. The molecule has 0 amide bonds. The fourth-order valence-corrected chi connectivity index (χ4v) is 7.01. The molecule has 40 heavy (non-hydrogen) atoms. The van der Waals surface area contributed by atoms with E-state index in [1.165, 1.54) is 4.57 Å². The van der Waals surface area contributed by atoms with Crippen LogP contribution in [0.5, 0.6) is 0 Å². The molecule has 0 bridgehead atoms. The number of morpholine rings is 1. The molecule has 3 aromatic rings. The maximum atomic E-state index is 14.1. The van der Waals surface area contributed by atoms with Crippen LogP contribution >= 0.6 is 0 Å². The number of alkyl halides is 2. The summed E-state index contributed by atoms with van der Waals surface area (Å²) in [5, 5.41) is 0. The fourth-order valence-electron chi connectivity index (χ4n) is 5.61. The topological polar surface area (TPSA) is 115 Å². The first-order valence-corrected chi connectivity index (χ1v) is 15.8. The Balaban J connectivity index is 1.31. The predicted molar refractivity (Wildman–Crippen MR) is 148 cm³/mol. The number of para-hydroxylation sites is 2. The van der Waals surface area contributed by atoms with Gasteiger partial charge < -0.3 is 9.64 Å². The van der Waals surface area contributed by atoms with E-state index in [0.717, 1.165) is 38.5 Å². The largest absolute Gasteiger partial charge is 0.378 e. The first-order chi connectivity index (χ1) is 19.3. The van der Waals surface area contributed by atoms with Crippen LogP contribution < -0.4 is 9.62 Å². The van der Waals surface area contributed by atoms with Gasteiger partial charge in [0.15, 0.2) is 5.82 Å². The van der Waals surface area contributed by atoms with Gasteiger partial charge in [0.2, 0.25) is 21.9 Å². The zero-order valence-corrected chi connectivity index (χ0v) is 23.6. The van der Waals surface area contributed by atoms with Gasteiger partial charge in [-0.3, -0.25) is 4.57 Å². The number of nitrogens with zero attached hydrogens (tertiary/aromatic N) is 6. The average molecular weight is 578 g/mol. The summed E-state index contributed by atoms with van der Waals surface area (Å²) in [6, 6.07) is 7.01. The van der Waals surface area contributed by atoms with Crippen LogP contribution in [0.25, 0.3) is 17.0 Å². The number of benzene rings is 1. The van der Waals surface area contributed by atoms with Gasteiger partial charge in [0.05, 0.1) is 30.0 Å². The summed E-state index contributed by atoms with van der Waals surface area (Å²) < 4.78 is 62.0. The summed E-state index contributed by atoms with van der Waals surface area (Å²) in [5.41, 5.74) is 0.981. The molecule has 1 aliphatic heterocycles. The summed E-state index contributed by atoms with van der Waals surface area (Å²) in [5.74, 6) is 1.45. The lowest BCUT2D eigenvalue weighted by Gasteiger charge is -2.29. The van der Waals surface area contributed by atoms with E-state index in [9.17, 15) is 17.2 Å².